The minimum atomic E-state index is -0.0863. The van der Waals surface area contributed by atoms with Gasteiger partial charge in [0.15, 0.2) is 0 Å². The highest BCUT2D eigenvalue weighted by molar-refractivity contribution is 5.81. The van der Waals surface area contributed by atoms with E-state index in [1.165, 1.54) is 0 Å². The first-order valence-electron chi connectivity index (χ1n) is 5.14. The van der Waals surface area contributed by atoms with Gasteiger partial charge in [-0.2, -0.15) is 5.10 Å². The number of para-hydroxylation sites is 1. The molecule has 16 heavy (non-hydrogen) atoms. The van der Waals surface area contributed by atoms with Gasteiger partial charge in [-0.15, -0.1) is 0 Å². The highest BCUT2D eigenvalue weighted by Gasteiger charge is 2.09. The average molecular weight is 213 g/mol. The Kier molecular flexibility index (Phi) is 1.68. The molecular weight excluding hydrogens is 202 g/mol. The number of hydrogen-bond donors (Lipinski definition) is 1. The second-order valence-corrected chi connectivity index (χ2v) is 4.01. The van der Waals surface area contributed by atoms with Crippen LogP contribution in [0.2, 0.25) is 0 Å². The minimum absolute atomic E-state index is 0.0863. The average Bonchev–Trinajstić information content (AvgIpc) is 2.64. The van der Waals surface area contributed by atoms with Crippen LogP contribution in [0.1, 0.15) is 11.1 Å². The molecule has 1 aromatic carbocycles. The molecular formula is C12H11N3O. The Morgan fingerprint density at radius 3 is 2.88 bits per heavy atom. The molecule has 4 heteroatoms. The van der Waals surface area contributed by atoms with E-state index in [1.54, 1.807) is 10.7 Å². The number of aromatic nitrogens is 3. The quantitative estimate of drug-likeness (QED) is 0.619. The van der Waals surface area contributed by atoms with Crippen LogP contribution < -0.4 is 5.56 Å². The number of rotatable bonds is 0. The van der Waals surface area contributed by atoms with Crippen LogP contribution in [0.3, 0.4) is 0 Å². The van der Waals surface area contributed by atoms with Crippen molar-refractivity contribution < 1.29 is 0 Å². The number of fused-ring (bicyclic) bond motifs is 3. The summed E-state index contributed by atoms with van der Waals surface area (Å²) in [5.41, 5.74) is 4.26. The molecule has 0 radical (unpaired) electrons. The molecule has 0 unspecified atom stereocenters. The summed E-state index contributed by atoms with van der Waals surface area (Å²) >= 11 is 0. The first kappa shape index (κ1) is 9.15. The van der Waals surface area contributed by atoms with E-state index in [4.69, 9.17) is 0 Å². The van der Waals surface area contributed by atoms with Crippen LogP contribution in [0, 0.1) is 13.8 Å². The number of benzene rings is 1. The number of aryl methyl sites for hydroxylation is 2. The van der Waals surface area contributed by atoms with Gasteiger partial charge in [0, 0.05) is 5.56 Å². The predicted molar refractivity (Wildman–Crippen MR) is 62.8 cm³/mol. The molecule has 3 rings (SSSR count). The van der Waals surface area contributed by atoms with Crippen molar-refractivity contribution in [1.82, 2.24) is 14.6 Å². The molecule has 1 N–H and O–H groups in total. The third-order valence-corrected chi connectivity index (χ3v) is 2.88. The Balaban J connectivity index is 2.71. The fourth-order valence-corrected chi connectivity index (χ4v) is 2.05. The predicted octanol–water partition coefficient (Wildman–Crippen LogP) is 1.79. The molecule has 0 aliphatic heterocycles. The third kappa shape index (κ3) is 1.04. The van der Waals surface area contributed by atoms with Gasteiger partial charge in [-0.25, -0.2) is 4.52 Å². The Bertz CT molecular complexity index is 752. The molecule has 0 bridgehead atoms. The van der Waals surface area contributed by atoms with Gasteiger partial charge < -0.3 is 4.98 Å². The molecule has 2 heterocycles. The van der Waals surface area contributed by atoms with E-state index in [2.05, 4.69) is 10.1 Å². The molecule has 80 valence electrons. The Morgan fingerprint density at radius 1 is 1.25 bits per heavy atom. The Hall–Kier alpha value is -2.10. The smallest absolute Gasteiger partial charge is 0.274 e. The molecule has 0 aliphatic rings. The fraction of sp³-hybridized carbons (Fsp3) is 0.167. The second-order valence-electron chi connectivity index (χ2n) is 4.01. The summed E-state index contributed by atoms with van der Waals surface area (Å²) in [6.45, 7) is 3.86. The first-order valence-corrected chi connectivity index (χ1v) is 5.14. The van der Waals surface area contributed by atoms with E-state index in [9.17, 15) is 4.79 Å². The summed E-state index contributed by atoms with van der Waals surface area (Å²) < 4.78 is 1.70. The lowest BCUT2D eigenvalue weighted by Gasteiger charge is -2.03. The number of nitrogens with one attached hydrogen (secondary N) is 1. The van der Waals surface area contributed by atoms with Crippen LogP contribution in [-0.2, 0) is 0 Å². The molecule has 2 aromatic heterocycles. The lowest BCUT2D eigenvalue weighted by Crippen LogP contribution is -2.11. The highest BCUT2D eigenvalue weighted by atomic mass is 16.1. The summed E-state index contributed by atoms with van der Waals surface area (Å²) in [7, 11) is 0. The largest absolute Gasteiger partial charge is 0.318 e. The van der Waals surface area contributed by atoms with Crippen LogP contribution in [-0.4, -0.2) is 14.6 Å². The van der Waals surface area contributed by atoms with Crippen LogP contribution in [0.15, 0.2) is 29.2 Å². The molecule has 0 aliphatic carbocycles. The maximum Gasteiger partial charge on any atom is 0.274 e. The highest BCUT2D eigenvalue weighted by Crippen LogP contribution is 2.16. The molecule has 0 saturated heterocycles. The fourth-order valence-electron chi connectivity index (χ4n) is 2.05. The van der Waals surface area contributed by atoms with Crippen molar-refractivity contribution in [2.75, 3.05) is 0 Å². The van der Waals surface area contributed by atoms with E-state index in [-0.39, 0.29) is 5.56 Å². The van der Waals surface area contributed by atoms with Crippen molar-refractivity contribution >= 4 is 16.6 Å². The van der Waals surface area contributed by atoms with E-state index in [0.29, 0.717) is 5.52 Å². The van der Waals surface area contributed by atoms with Crippen molar-refractivity contribution in [1.29, 1.82) is 0 Å². The Morgan fingerprint density at radius 2 is 2.06 bits per heavy atom. The maximum atomic E-state index is 11.9. The van der Waals surface area contributed by atoms with Crippen LogP contribution in [0.5, 0.6) is 0 Å². The summed E-state index contributed by atoms with van der Waals surface area (Å²) in [4.78, 5) is 14.8. The first-order chi connectivity index (χ1) is 7.68. The van der Waals surface area contributed by atoms with Crippen molar-refractivity contribution in [2.45, 2.75) is 13.8 Å². The van der Waals surface area contributed by atoms with Gasteiger partial charge in [-0.3, -0.25) is 4.79 Å². The van der Waals surface area contributed by atoms with Crippen molar-refractivity contribution in [3.05, 3.63) is 45.9 Å². The summed E-state index contributed by atoms with van der Waals surface area (Å²) in [6, 6.07) is 5.89. The zero-order chi connectivity index (χ0) is 11.3. The number of hydrogen-bond acceptors (Lipinski definition) is 2. The van der Waals surface area contributed by atoms with E-state index in [1.807, 2.05) is 32.0 Å². The Labute approximate surface area is 91.5 Å². The lowest BCUT2D eigenvalue weighted by molar-refractivity contribution is 0.985. The summed E-state index contributed by atoms with van der Waals surface area (Å²) in [5, 5.41) is 4.24. The SMILES string of the molecule is Cc1cccc2c1[nH]c(=O)c1c(C)cnn12. The van der Waals surface area contributed by atoms with E-state index in [0.717, 1.165) is 22.2 Å². The summed E-state index contributed by atoms with van der Waals surface area (Å²) in [5.74, 6) is 0. The standard InChI is InChI=1S/C12H11N3O/c1-7-4-3-5-9-10(7)14-12(16)11-8(2)6-13-15(9)11/h3-6H,1-2H3,(H,14,16). The second kappa shape index (κ2) is 2.95. The molecule has 3 aromatic rings. The van der Waals surface area contributed by atoms with Gasteiger partial charge in [0.05, 0.1) is 17.2 Å². The van der Waals surface area contributed by atoms with Crippen LogP contribution in [0.25, 0.3) is 16.6 Å². The lowest BCUT2D eigenvalue weighted by atomic mass is 10.2. The van der Waals surface area contributed by atoms with E-state index < -0.39 is 0 Å². The molecule has 4 nitrogen and oxygen atoms in total. The molecule has 0 amide bonds. The van der Waals surface area contributed by atoms with Gasteiger partial charge in [0.2, 0.25) is 0 Å². The van der Waals surface area contributed by atoms with E-state index >= 15 is 0 Å². The van der Waals surface area contributed by atoms with Gasteiger partial charge in [-0.05, 0) is 25.5 Å². The number of aromatic amines is 1. The van der Waals surface area contributed by atoms with Crippen LogP contribution in [0.4, 0.5) is 0 Å². The number of H-pyrrole nitrogens is 1. The van der Waals surface area contributed by atoms with Crippen molar-refractivity contribution in [3.8, 4) is 0 Å². The van der Waals surface area contributed by atoms with Gasteiger partial charge >= 0.3 is 0 Å². The molecule has 0 atom stereocenters. The molecule has 0 spiro atoms. The maximum absolute atomic E-state index is 11.9. The normalized spacial score (nSPS) is 11.4. The topological polar surface area (TPSA) is 50.2 Å². The van der Waals surface area contributed by atoms with Crippen LogP contribution >= 0.6 is 0 Å². The minimum Gasteiger partial charge on any atom is -0.318 e. The third-order valence-electron chi connectivity index (χ3n) is 2.88. The van der Waals surface area contributed by atoms with Crippen molar-refractivity contribution in [3.63, 3.8) is 0 Å². The van der Waals surface area contributed by atoms with Gasteiger partial charge in [0.25, 0.3) is 5.56 Å². The molecule has 0 saturated carbocycles. The zero-order valence-corrected chi connectivity index (χ0v) is 9.11. The van der Waals surface area contributed by atoms with Gasteiger partial charge in [-0.1, -0.05) is 12.1 Å². The van der Waals surface area contributed by atoms with Crippen molar-refractivity contribution in [2.24, 2.45) is 0 Å². The number of nitrogens with zero attached hydrogens (tertiary/aromatic N) is 2. The zero-order valence-electron chi connectivity index (χ0n) is 9.11. The molecule has 0 fully saturated rings. The monoisotopic (exact) mass is 213 g/mol. The summed E-state index contributed by atoms with van der Waals surface area (Å²) in [6.07, 6.45) is 1.71. The van der Waals surface area contributed by atoms with Gasteiger partial charge in [0.1, 0.15) is 5.52 Å².